The van der Waals surface area contributed by atoms with Crippen LogP contribution < -0.4 is 10.2 Å². The van der Waals surface area contributed by atoms with E-state index in [0.29, 0.717) is 43.1 Å². The van der Waals surface area contributed by atoms with E-state index in [2.05, 4.69) is 5.32 Å². The van der Waals surface area contributed by atoms with Gasteiger partial charge in [-0.2, -0.15) is 0 Å². The molecule has 1 fully saturated rings. The van der Waals surface area contributed by atoms with Crippen LogP contribution in [-0.4, -0.2) is 48.0 Å². The van der Waals surface area contributed by atoms with Crippen LogP contribution in [0, 0.1) is 22.9 Å². The third kappa shape index (κ3) is 4.28. The highest BCUT2D eigenvalue weighted by Gasteiger charge is 2.27. The van der Waals surface area contributed by atoms with E-state index in [-0.39, 0.29) is 23.5 Å². The molecule has 0 saturated carbocycles. The van der Waals surface area contributed by atoms with E-state index in [1.165, 1.54) is 18.2 Å². The number of hydrogen-bond acceptors (Lipinski definition) is 5. The summed E-state index contributed by atoms with van der Waals surface area (Å²) in [6.45, 7) is 6.10. The van der Waals surface area contributed by atoms with Gasteiger partial charge in [-0.1, -0.05) is 12.1 Å². The fourth-order valence-corrected chi connectivity index (χ4v) is 3.36. The van der Waals surface area contributed by atoms with Crippen molar-refractivity contribution in [3.63, 3.8) is 0 Å². The van der Waals surface area contributed by atoms with Crippen molar-refractivity contribution in [3.05, 3.63) is 64.0 Å². The van der Waals surface area contributed by atoms with Crippen molar-refractivity contribution in [2.45, 2.75) is 19.9 Å². The molecule has 1 amide bonds. The summed E-state index contributed by atoms with van der Waals surface area (Å²) in [6.07, 6.45) is 0. The zero-order valence-electron chi connectivity index (χ0n) is 15.9. The van der Waals surface area contributed by atoms with Gasteiger partial charge in [0.1, 0.15) is 5.82 Å². The van der Waals surface area contributed by atoms with Crippen molar-refractivity contribution >= 4 is 23.0 Å². The summed E-state index contributed by atoms with van der Waals surface area (Å²) >= 11 is 0. The summed E-state index contributed by atoms with van der Waals surface area (Å²) in [5, 5.41) is 13.7. The van der Waals surface area contributed by atoms with E-state index in [1.807, 2.05) is 22.8 Å². The standard InChI is InChI=1S/C20H23FN4O3/c1-14-13-16(25(27)28)7-8-18(14)22-20(26)15(2)23-9-11-24(12-10-23)19-6-4-3-5-17(19)21/h3-8,13,15H,9-12H2,1-2H3,(H,22,26)/t15-/m0/s1. The summed E-state index contributed by atoms with van der Waals surface area (Å²) in [4.78, 5) is 27.0. The number of benzene rings is 2. The van der Waals surface area contributed by atoms with Gasteiger partial charge >= 0.3 is 0 Å². The molecule has 0 bridgehead atoms. The number of carbonyl (C=O) groups is 1. The first-order valence-electron chi connectivity index (χ1n) is 9.16. The summed E-state index contributed by atoms with van der Waals surface area (Å²) in [5.74, 6) is -0.410. The van der Waals surface area contributed by atoms with Crippen molar-refractivity contribution in [1.82, 2.24) is 4.90 Å². The van der Waals surface area contributed by atoms with Gasteiger partial charge in [0.15, 0.2) is 0 Å². The van der Waals surface area contributed by atoms with E-state index >= 15 is 0 Å². The maximum Gasteiger partial charge on any atom is 0.269 e. The number of nitrogens with one attached hydrogen (secondary N) is 1. The Morgan fingerprint density at radius 2 is 1.86 bits per heavy atom. The number of nitro benzene ring substituents is 1. The minimum atomic E-state index is -0.462. The molecule has 0 aliphatic carbocycles. The highest BCUT2D eigenvalue weighted by atomic mass is 19.1. The van der Waals surface area contributed by atoms with Crippen molar-refractivity contribution in [1.29, 1.82) is 0 Å². The number of nitrogens with zero attached hydrogens (tertiary/aromatic N) is 3. The van der Waals surface area contributed by atoms with E-state index in [9.17, 15) is 19.3 Å². The van der Waals surface area contributed by atoms with Crippen LogP contribution in [0.25, 0.3) is 0 Å². The van der Waals surface area contributed by atoms with Crippen molar-refractivity contribution in [2.75, 3.05) is 36.4 Å². The molecule has 1 atom stereocenters. The molecular formula is C20H23FN4O3. The molecule has 0 unspecified atom stereocenters. The van der Waals surface area contributed by atoms with Crippen LogP contribution >= 0.6 is 0 Å². The average molecular weight is 386 g/mol. The third-order valence-electron chi connectivity index (χ3n) is 5.11. The van der Waals surface area contributed by atoms with Gasteiger partial charge in [-0.3, -0.25) is 19.8 Å². The molecule has 0 aromatic heterocycles. The Labute approximate surface area is 162 Å². The van der Waals surface area contributed by atoms with Crippen LogP contribution in [0.3, 0.4) is 0 Å². The summed E-state index contributed by atoms with van der Waals surface area (Å²) in [7, 11) is 0. The Bertz CT molecular complexity index is 882. The van der Waals surface area contributed by atoms with Gasteiger partial charge in [0, 0.05) is 44.0 Å². The van der Waals surface area contributed by atoms with Crippen molar-refractivity contribution in [3.8, 4) is 0 Å². The van der Waals surface area contributed by atoms with Crippen LogP contribution in [-0.2, 0) is 4.79 Å². The number of carbonyl (C=O) groups excluding carboxylic acids is 1. The predicted octanol–water partition coefficient (Wildman–Crippen LogP) is 3.19. The first kappa shape index (κ1) is 19.8. The lowest BCUT2D eigenvalue weighted by Gasteiger charge is -2.38. The zero-order valence-corrected chi connectivity index (χ0v) is 15.9. The maximum atomic E-state index is 14.0. The number of amides is 1. The van der Waals surface area contributed by atoms with Crippen LogP contribution in [0.15, 0.2) is 42.5 Å². The summed E-state index contributed by atoms with van der Waals surface area (Å²) in [6, 6.07) is 10.7. The highest BCUT2D eigenvalue weighted by Crippen LogP contribution is 2.23. The Kier molecular flexibility index (Phi) is 5.89. The SMILES string of the molecule is Cc1cc([N+](=O)[O-])ccc1NC(=O)[C@H](C)N1CCN(c2ccccc2F)CC1. The molecule has 28 heavy (non-hydrogen) atoms. The Balaban J connectivity index is 1.59. The molecule has 0 radical (unpaired) electrons. The quantitative estimate of drug-likeness (QED) is 0.631. The van der Waals surface area contributed by atoms with Gasteiger partial charge in [-0.05, 0) is 37.6 Å². The topological polar surface area (TPSA) is 78.7 Å². The van der Waals surface area contributed by atoms with Gasteiger partial charge in [0.2, 0.25) is 5.91 Å². The molecular weight excluding hydrogens is 363 g/mol. The molecule has 7 nitrogen and oxygen atoms in total. The van der Waals surface area contributed by atoms with Crippen LogP contribution in [0.5, 0.6) is 0 Å². The lowest BCUT2D eigenvalue weighted by atomic mass is 10.1. The second-order valence-corrected chi connectivity index (χ2v) is 6.90. The predicted molar refractivity (Wildman–Crippen MR) is 106 cm³/mol. The lowest BCUT2D eigenvalue weighted by molar-refractivity contribution is -0.384. The fourth-order valence-electron chi connectivity index (χ4n) is 3.36. The van der Waals surface area contributed by atoms with Crippen LogP contribution in [0.1, 0.15) is 12.5 Å². The summed E-state index contributed by atoms with van der Waals surface area (Å²) in [5.41, 5.74) is 1.78. The van der Waals surface area contributed by atoms with E-state index < -0.39 is 4.92 Å². The number of halogens is 1. The molecule has 2 aromatic rings. The molecule has 0 spiro atoms. The second kappa shape index (κ2) is 8.35. The van der Waals surface area contributed by atoms with Gasteiger partial charge in [0.05, 0.1) is 16.7 Å². The number of hydrogen-bond donors (Lipinski definition) is 1. The zero-order chi connectivity index (χ0) is 20.3. The van der Waals surface area contributed by atoms with Gasteiger partial charge < -0.3 is 10.2 Å². The fraction of sp³-hybridized carbons (Fsp3) is 0.350. The highest BCUT2D eigenvalue weighted by molar-refractivity contribution is 5.95. The second-order valence-electron chi connectivity index (χ2n) is 6.90. The Morgan fingerprint density at radius 3 is 2.46 bits per heavy atom. The van der Waals surface area contributed by atoms with Crippen LogP contribution in [0.2, 0.25) is 0 Å². The lowest BCUT2D eigenvalue weighted by Crippen LogP contribution is -2.53. The minimum Gasteiger partial charge on any atom is -0.367 e. The third-order valence-corrected chi connectivity index (χ3v) is 5.11. The molecule has 2 aromatic carbocycles. The number of non-ortho nitro benzene ring substituents is 1. The number of anilines is 2. The van der Waals surface area contributed by atoms with Gasteiger partial charge in [-0.15, -0.1) is 0 Å². The summed E-state index contributed by atoms with van der Waals surface area (Å²) < 4.78 is 14.0. The number of piperazine rings is 1. The normalized spacial score (nSPS) is 15.9. The van der Waals surface area contributed by atoms with E-state index in [0.717, 1.165) is 0 Å². The monoisotopic (exact) mass is 386 g/mol. The van der Waals surface area contributed by atoms with Crippen molar-refractivity contribution < 1.29 is 14.1 Å². The number of nitro groups is 1. The Morgan fingerprint density at radius 1 is 1.18 bits per heavy atom. The number of para-hydroxylation sites is 1. The number of aryl methyl sites for hydroxylation is 1. The van der Waals surface area contributed by atoms with Crippen molar-refractivity contribution in [2.24, 2.45) is 0 Å². The smallest absolute Gasteiger partial charge is 0.269 e. The molecule has 1 aliphatic heterocycles. The Hall–Kier alpha value is -3.00. The molecule has 1 aliphatic rings. The molecule has 1 saturated heterocycles. The number of rotatable bonds is 5. The molecule has 8 heteroatoms. The van der Waals surface area contributed by atoms with E-state index in [4.69, 9.17) is 0 Å². The molecule has 3 rings (SSSR count). The molecule has 1 heterocycles. The first-order valence-corrected chi connectivity index (χ1v) is 9.16. The van der Waals surface area contributed by atoms with E-state index in [1.54, 1.807) is 25.1 Å². The van der Waals surface area contributed by atoms with Gasteiger partial charge in [0.25, 0.3) is 5.69 Å². The van der Waals surface area contributed by atoms with Crippen LogP contribution in [0.4, 0.5) is 21.5 Å². The molecule has 148 valence electrons. The van der Waals surface area contributed by atoms with Gasteiger partial charge in [-0.25, -0.2) is 4.39 Å². The molecule has 1 N–H and O–H groups in total. The minimum absolute atomic E-state index is 0.00665. The average Bonchev–Trinajstić information content (AvgIpc) is 2.69. The maximum absolute atomic E-state index is 14.0. The largest absolute Gasteiger partial charge is 0.367 e. The first-order chi connectivity index (χ1) is 13.4.